The Bertz CT molecular complexity index is 522. The van der Waals surface area contributed by atoms with Crippen LogP contribution in [0.5, 0.6) is 5.75 Å². The average Bonchev–Trinajstić information content (AvgIpc) is 2.41. The summed E-state index contributed by atoms with van der Waals surface area (Å²) in [5.41, 5.74) is 5.94. The van der Waals surface area contributed by atoms with Crippen LogP contribution in [-0.4, -0.2) is 31.6 Å². The van der Waals surface area contributed by atoms with Gasteiger partial charge in [-0.25, -0.2) is 4.79 Å². The largest absolute Gasteiger partial charge is 0.495 e. The number of esters is 1. The summed E-state index contributed by atoms with van der Waals surface area (Å²) < 4.78 is 11.2. The molecule has 0 fully saturated rings. The van der Waals surface area contributed by atoms with Crippen molar-refractivity contribution in [1.29, 1.82) is 0 Å². The van der Waals surface area contributed by atoms with Crippen LogP contribution in [0.25, 0.3) is 0 Å². The van der Waals surface area contributed by atoms with E-state index in [2.05, 4.69) is 41.9 Å². The Kier molecular flexibility index (Phi) is 6.44. The third-order valence-corrected chi connectivity index (χ3v) is 3.60. The maximum absolute atomic E-state index is 11.9. The van der Waals surface area contributed by atoms with E-state index in [1.54, 1.807) is 19.1 Å². The van der Waals surface area contributed by atoms with Crippen LogP contribution < -0.4 is 15.8 Å². The van der Waals surface area contributed by atoms with Gasteiger partial charge in [-0.05, 0) is 44.8 Å². The minimum absolute atomic E-state index is 0.162. The molecule has 1 aromatic rings. The number of carbonyl (C=O) groups is 2. The van der Waals surface area contributed by atoms with Crippen LogP contribution in [0, 0.1) is 0 Å². The van der Waals surface area contributed by atoms with Crippen molar-refractivity contribution in [3.8, 4) is 5.75 Å². The Morgan fingerprint density at radius 1 is 1.35 bits per heavy atom. The molecule has 6 nitrogen and oxygen atoms in total. The van der Waals surface area contributed by atoms with Gasteiger partial charge in [0, 0.05) is 10.5 Å². The summed E-state index contributed by atoms with van der Waals surface area (Å²) in [6.07, 6.45) is 0. The number of hydrogen-bond acceptors (Lipinski definition) is 5. The van der Waals surface area contributed by atoms with Crippen molar-refractivity contribution >= 4 is 49.4 Å². The van der Waals surface area contributed by atoms with Gasteiger partial charge in [0.15, 0.2) is 6.04 Å². The number of anilines is 1. The maximum atomic E-state index is 11.9. The number of hydrogen-bond donors (Lipinski definition) is 2. The van der Waals surface area contributed by atoms with Crippen molar-refractivity contribution < 1.29 is 19.1 Å². The molecule has 0 radical (unpaired) electrons. The van der Waals surface area contributed by atoms with Crippen molar-refractivity contribution in [1.82, 2.24) is 0 Å². The highest BCUT2D eigenvalue weighted by atomic mass is 79.9. The predicted molar refractivity (Wildman–Crippen MR) is 81.6 cm³/mol. The molecule has 1 aromatic carbocycles. The lowest BCUT2D eigenvalue weighted by atomic mass is 10.2. The smallest absolute Gasteiger partial charge is 0.332 e. The molecule has 1 atom stereocenters. The molecule has 1 rings (SSSR count). The summed E-state index contributed by atoms with van der Waals surface area (Å²) in [5.74, 6) is -0.896. The number of amides is 1. The third kappa shape index (κ3) is 4.19. The average molecular weight is 410 g/mol. The molecule has 0 aliphatic carbocycles. The van der Waals surface area contributed by atoms with Gasteiger partial charge in [0.2, 0.25) is 0 Å². The highest BCUT2D eigenvalue weighted by Crippen LogP contribution is 2.34. The molecular weight excluding hydrogens is 396 g/mol. The second-order valence-corrected chi connectivity index (χ2v) is 5.39. The van der Waals surface area contributed by atoms with Gasteiger partial charge >= 0.3 is 5.97 Å². The lowest BCUT2D eigenvalue weighted by Crippen LogP contribution is -2.43. The zero-order valence-electron chi connectivity index (χ0n) is 10.9. The lowest BCUT2D eigenvalue weighted by molar-refractivity contribution is -0.146. The van der Waals surface area contributed by atoms with Crippen molar-refractivity contribution in [3.05, 3.63) is 21.1 Å². The highest BCUT2D eigenvalue weighted by Gasteiger charge is 2.24. The number of methoxy groups -OCH3 is 1. The molecule has 1 amide bonds. The van der Waals surface area contributed by atoms with Gasteiger partial charge in [-0.15, -0.1) is 0 Å². The van der Waals surface area contributed by atoms with E-state index in [1.807, 2.05) is 0 Å². The quantitative estimate of drug-likeness (QED) is 0.573. The van der Waals surface area contributed by atoms with Gasteiger partial charge in [0.25, 0.3) is 5.91 Å². The summed E-state index contributed by atoms with van der Waals surface area (Å²) >= 11 is 6.61. The van der Waals surface area contributed by atoms with E-state index in [4.69, 9.17) is 10.5 Å². The fourth-order valence-electron chi connectivity index (χ4n) is 1.33. The number of ether oxygens (including phenoxy) is 2. The number of rotatable bonds is 5. The second kappa shape index (κ2) is 7.61. The molecule has 20 heavy (non-hydrogen) atoms. The number of carbonyl (C=O) groups excluding carboxylic acids is 2. The molecule has 1 unspecified atom stereocenters. The monoisotopic (exact) mass is 408 g/mol. The van der Waals surface area contributed by atoms with Crippen LogP contribution in [0.3, 0.4) is 0 Å². The van der Waals surface area contributed by atoms with E-state index >= 15 is 0 Å². The van der Waals surface area contributed by atoms with Crippen LogP contribution in [0.4, 0.5) is 5.69 Å². The molecular formula is C12H14Br2N2O4. The van der Waals surface area contributed by atoms with Gasteiger partial charge in [-0.2, -0.15) is 0 Å². The zero-order valence-corrected chi connectivity index (χ0v) is 14.1. The van der Waals surface area contributed by atoms with E-state index in [9.17, 15) is 9.59 Å². The SMILES string of the molecule is CCOC(=O)C(N)C(=O)Nc1cc(OC)c(Br)cc1Br. The minimum Gasteiger partial charge on any atom is -0.495 e. The van der Waals surface area contributed by atoms with Gasteiger partial charge in [-0.3, -0.25) is 4.79 Å². The molecule has 3 N–H and O–H groups in total. The first-order valence-electron chi connectivity index (χ1n) is 5.66. The minimum atomic E-state index is -1.38. The molecule has 8 heteroatoms. The Balaban J connectivity index is 2.88. The Hall–Kier alpha value is -1.12. The van der Waals surface area contributed by atoms with E-state index in [1.165, 1.54) is 7.11 Å². The van der Waals surface area contributed by atoms with Crippen LogP contribution in [0.1, 0.15) is 6.92 Å². The summed E-state index contributed by atoms with van der Waals surface area (Å²) in [6, 6.07) is 1.94. The molecule has 0 spiro atoms. The summed E-state index contributed by atoms with van der Waals surface area (Å²) in [4.78, 5) is 23.2. The molecule has 0 aliphatic rings. The Labute approximate surface area is 133 Å². The van der Waals surface area contributed by atoms with E-state index < -0.39 is 17.9 Å². The highest BCUT2D eigenvalue weighted by molar-refractivity contribution is 9.11. The molecule has 0 bridgehead atoms. The summed E-state index contributed by atoms with van der Waals surface area (Å²) in [5, 5.41) is 2.54. The Morgan fingerprint density at radius 3 is 2.55 bits per heavy atom. The standard InChI is InChI=1S/C12H14Br2N2O4/c1-3-20-12(18)10(15)11(17)16-8-5-9(19-2)7(14)4-6(8)13/h4-5,10H,3,15H2,1-2H3,(H,16,17). The van der Waals surface area contributed by atoms with Crippen LogP contribution in [0.2, 0.25) is 0 Å². The molecule has 0 aliphatic heterocycles. The predicted octanol–water partition coefficient (Wildman–Crippen LogP) is 2.05. The third-order valence-electron chi connectivity index (χ3n) is 2.32. The van der Waals surface area contributed by atoms with Crippen LogP contribution in [0.15, 0.2) is 21.1 Å². The van der Waals surface area contributed by atoms with Crippen LogP contribution in [-0.2, 0) is 14.3 Å². The number of halogens is 2. The first-order chi connectivity index (χ1) is 9.40. The number of benzene rings is 1. The Morgan fingerprint density at radius 2 is 2.00 bits per heavy atom. The molecule has 0 heterocycles. The maximum Gasteiger partial charge on any atom is 0.332 e. The molecule has 0 aromatic heterocycles. The van der Waals surface area contributed by atoms with Crippen molar-refractivity contribution in [2.75, 3.05) is 19.0 Å². The first kappa shape index (κ1) is 16.9. The van der Waals surface area contributed by atoms with Crippen molar-refractivity contribution in [2.24, 2.45) is 5.73 Å². The summed E-state index contributed by atoms with van der Waals surface area (Å²) in [7, 11) is 1.50. The van der Waals surface area contributed by atoms with E-state index in [-0.39, 0.29) is 6.61 Å². The number of nitrogens with two attached hydrogens (primary N) is 1. The van der Waals surface area contributed by atoms with Crippen molar-refractivity contribution in [3.63, 3.8) is 0 Å². The second-order valence-electron chi connectivity index (χ2n) is 3.69. The van der Waals surface area contributed by atoms with Gasteiger partial charge < -0.3 is 20.5 Å². The zero-order chi connectivity index (χ0) is 15.3. The van der Waals surface area contributed by atoms with Gasteiger partial charge in [0.1, 0.15) is 5.75 Å². The number of nitrogens with one attached hydrogen (secondary N) is 1. The molecule has 0 saturated heterocycles. The summed E-state index contributed by atoms with van der Waals surface area (Å²) in [6.45, 7) is 1.80. The fourth-order valence-corrected chi connectivity index (χ4v) is 2.59. The van der Waals surface area contributed by atoms with Gasteiger partial charge in [-0.1, -0.05) is 0 Å². The van der Waals surface area contributed by atoms with Crippen LogP contribution >= 0.6 is 31.9 Å². The van der Waals surface area contributed by atoms with Crippen molar-refractivity contribution in [2.45, 2.75) is 13.0 Å². The molecule has 0 saturated carbocycles. The first-order valence-corrected chi connectivity index (χ1v) is 7.25. The molecule has 110 valence electrons. The fraction of sp³-hybridized carbons (Fsp3) is 0.333. The van der Waals surface area contributed by atoms with Gasteiger partial charge in [0.05, 0.1) is 23.9 Å². The topological polar surface area (TPSA) is 90.7 Å². The van der Waals surface area contributed by atoms with E-state index in [0.717, 1.165) is 4.47 Å². The normalized spacial score (nSPS) is 11.7. The van der Waals surface area contributed by atoms with E-state index in [0.29, 0.717) is 15.9 Å². The lowest BCUT2D eigenvalue weighted by Gasteiger charge is -2.14.